The Hall–Kier alpha value is -3.59. The minimum atomic E-state index is -0.577. The Labute approximate surface area is 198 Å². The molecular weight excluding hydrogens is 438 g/mol. The molecule has 0 spiro atoms. The maximum absolute atomic E-state index is 13.1. The topological polar surface area (TPSA) is 106 Å². The van der Waals surface area contributed by atoms with Crippen LogP contribution in [0.4, 0.5) is 11.4 Å². The summed E-state index contributed by atoms with van der Waals surface area (Å²) in [5, 5.41) is 5.72. The summed E-state index contributed by atoms with van der Waals surface area (Å²) >= 11 is 0. The molecule has 2 aromatic carbocycles. The van der Waals surface area contributed by atoms with Crippen LogP contribution in [0.5, 0.6) is 11.5 Å². The summed E-state index contributed by atoms with van der Waals surface area (Å²) < 4.78 is 16.2. The maximum atomic E-state index is 13.1. The first-order chi connectivity index (χ1) is 16.5. The average molecular weight is 468 g/mol. The lowest BCUT2D eigenvalue weighted by atomic mass is 10.1. The van der Waals surface area contributed by atoms with Crippen molar-refractivity contribution in [1.82, 2.24) is 5.32 Å². The van der Waals surface area contributed by atoms with E-state index in [1.807, 2.05) is 0 Å². The summed E-state index contributed by atoms with van der Waals surface area (Å²) in [4.78, 5) is 40.1. The van der Waals surface area contributed by atoms with E-state index in [9.17, 15) is 14.4 Å². The van der Waals surface area contributed by atoms with Crippen molar-refractivity contribution in [3.05, 3.63) is 48.0 Å². The highest BCUT2D eigenvalue weighted by atomic mass is 16.5. The Morgan fingerprint density at radius 3 is 2.71 bits per heavy atom. The zero-order chi connectivity index (χ0) is 24.1. The number of amides is 3. The van der Waals surface area contributed by atoms with E-state index in [0.29, 0.717) is 41.6 Å². The zero-order valence-electron chi connectivity index (χ0n) is 19.3. The Balaban J connectivity index is 1.44. The molecule has 0 aliphatic carbocycles. The number of para-hydroxylation sites is 1. The minimum absolute atomic E-state index is 0.0230. The highest BCUT2D eigenvalue weighted by Crippen LogP contribution is 2.36. The molecule has 4 rings (SSSR count). The van der Waals surface area contributed by atoms with Crippen LogP contribution < -0.4 is 25.0 Å². The first-order valence-electron chi connectivity index (χ1n) is 11.3. The molecule has 2 aliphatic rings. The predicted octanol–water partition coefficient (Wildman–Crippen LogP) is 2.60. The van der Waals surface area contributed by atoms with E-state index in [1.54, 1.807) is 49.6 Å². The van der Waals surface area contributed by atoms with Gasteiger partial charge in [-0.2, -0.15) is 0 Å². The van der Waals surface area contributed by atoms with Gasteiger partial charge in [-0.1, -0.05) is 12.1 Å². The van der Waals surface area contributed by atoms with Gasteiger partial charge in [0.15, 0.2) is 0 Å². The van der Waals surface area contributed by atoms with Crippen molar-refractivity contribution in [2.24, 2.45) is 5.92 Å². The number of nitrogens with zero attached hydrogens (tertiary/aromatic N) is 1. The van der Waals surface area contributed by atoms with Crippen LogP contribution in [-0.2, 0) is 14.3 Å². The fraction of sp³-hybridized carbons (Fsp3) is 0.400. The number of carbonyl (C=O) groups excluding carboxylic acids is 3. The molecule has 9 heteroatoms. The van der Waals surface area contributed by atoms with Crippen molar-refractivity contribution in [3.63, 3.8) is 0 Å². The van der Waals surface area contributed by atoms with Gasteiger partial charge in [0, 0.05) is 32.2 Å². The minimum Gasteiger partial charge on any atom is -0.497 e. The molecule has 0 saturated carbocycles. The summed E-state index contributed by atoms with van der Waals surface area (Å²) in [6.45, 7) is 1.34. The van der Waals surface area contributed by atoms with Gasteiger partial charge in [-0.15, -0.1) is 0 Å². The number of anilines is 2. The maximum Gasteiger partial charge on any atom is 0.253 e. The number of nitrogens with one attached hydrogen (secondary N) is 2. The molecule has 0 unspecified atom stereocenters. The monoisotopic (exact) mass is 467 g/mol. The summed E-state index contributed by atoms with van der Waals surface area (Å²) in [5.74, 6) is -0.266. The second-order valence-corrected chi connectivity index (χ2v) is 8.32. The molecule has 2 atom stereocenters. The van der Waals surface area contributed by atoms with Gasteiger partial charge in [-0.25, -0.2) is 0 Å². The third-order valence-electron chi connectivity index (χ3n) is 6.12. The highest BCUT2D eigenvalue weighted by Gasteiger charge is 2.37. The summed E-state index contributed by atoms with van der Waals surface area (Å²) in [6, 6.07) is 12.0. The number of carbonyl (C=O) groups is 3. The van der Waals surface area contributed by atoms with Crippen LogP contribution in [0.25, 0.3) is 0 Å². The van der Waals surface area contributed by atoms with Gasteiger partial charge in [0.05, 0.1) is 43.2 Å². The smallest absolute Gasteiger partial charge is 0.253 e. The van der Waals surface area contributed by atoms with E-state index in [0.717, 1.165) is 12.8 Å². The Morgan fingerprint density at radius 1 is 1.15 bits per heavy atom. The fourth-order valence-corrected chi connectivity index (χ4v) is 4.26. The first-order valence-corrected chi connectivity index (χ1v) is 11.3. The fourth-order valence-electron chi connectivity index (χ4n) is 4.26. The van der Waals surface area contributed by atoms with E-state index < -0.39 is 5.92 Å². The molecule has 3 amide bonds. The predicted molar refractivity (Wildman–Crippen MR) is 126 cm³/mol. The summed E-state index contributed by atoms with van der Waals surface area (Å²) in [7, 11) is 3.07. The molecule has 34 heavy (non-hydrogen) atoms. The van der Waals surface area contributed by atoms with Crippen molar-refractivity contribution in [2.45, 2.75) is 25.4 Å². The van der Waals surface area contributed by atoms with Crippen molar-refractivity contribution in [2.75, 3.05) is 44.1 Å². The third kappa shape index (κ3) is 5.14. The standard InChI is InChI=1S/C25H29N3O6/c1-32-17-9-10-22(33-2)21(13-17)28-15-16(12-23(28)29)24(30)27-20-8-4-3-7-19(20)25(31)26-14-18-6-5-11-34-18/h3-4,7-10,13,16,18H,5-6,11-12,14-15H2,1-2H3,(H,26,31)(H,27,30)/t16-,18-/m0/s1. The van der Waals surface area contributed by atoms with Crippen LogP contribution in [0.3, 0.4) is 0 Å². The molecule has 0 radical (unpaired) electrons. The summed E-state index contributed by atoms with van der Waals surface area (Å²) in [6.07, 6.45) is 1.99. The van der Waals surface area contributed by atoms with E-state index in [1.165, 1.54) is 12.0 Å². The Kier molecular flexibility index (Phi) is 7.32. The van der Waals surface area contributed by atoms with Crippen LogP contribution >= 0.6 is 0 Å². The van der Waals surface area contributed by atoms with E-state index in [4.69, 9.17) is 14.2 Å². The van der Waals surface area contributed by atoms with Gasteiger partial charge in [-0.3, -0.25) is 14.4 Å². The highest BCUT2D eigenvalue weighted by molar-refractivity contribution is 6.07. The van der Waals surface area contributed by atoms with Gasteiger partial charge in [0.25, 0.3) is 5.91 Å². The molecule has 180 valence electrons. The number of rotatable bonds is 8. The lowest BCUT2D eigenvalue weighted by molar-refractivity contribution is -0.122. The second kappa shape index (κ2) is 10.6. The molecule has 2 N–H and O–H groups in total. The van der Waals surface area contributed by atoms with Crippen LogP contribution in [0.1, 0.15) is 29.6 Å². The SMILES string of the molecule is COc1ccc(OC)c(N2C[C@@H](C(=O)Nc3ccccc3C(=O)NC[C@@H]3CCCO3)CC2=O)c1. The average Bonchev–Trinajstić information content (AvgIpc) is 3.52. The zero-order valence-corrected chi connectivity index (χ0v) is 19.3. The van der Waals surface area contributed by atoms with Crippen LogP contribution in [0.2, 0.25) is 0 Å². The number of hydrogen-bond acceptors (Lipinski definition) is 6. The van der Waals surface area contributed by atoms with E-state index in [-0.39, 0.29) is 36.8 Å². The quantitative estimate of drug-likeness (QED) is 0.618. The van der Waals surface area contributed by atoms with Crippen molar-refractivity contribution >= 4 is 29.1 Å². The largest absolute Gasteiger partial charge is 0.497 e. The summed E-state index contributed by atoms with van der Waals surface area (Å²) in [5.41, 5.74) is 1.32. The number of methoxy groups -OCH3 is 2. The lowest BCUT2D eigenvalue weighted by Gasteiger charge is -2.20. The van der Waals surface area contributed by atoms with Crippen molar-refractivity contribution < 1.29 is 28.6 Å². The normalized spacial score (nSPS) is 19.7. The molecule has 2 aromatic rings. The molecule has 0 bridgehead atoms. The molecule has 0 aromatic heterocycles. The van der Waals surface area contributed by atoms with Crippen molar-refractivity contribution in [3.8, 4) is 11.5 Å². The number of ether oxygens (including phenoxy) is 3. The van der Waals surface area contributed by atoms with E-state index in [2.05, 4.69) is 10.6 Å². The van der Waals surface area contributed by atoms with Gasteiger partial charge in [-0.05, 0) is 37.1 Å². The van der Waals surface area contributed by atoms with Gasteiger partial charge in [0.1, 0.15) is 11.5 Å². The first kappa shape index (κ1) is 23.6. The molecular formula is C25H29N3O6. The van der Waals surface area contributed by atoms with Crippen LogP contribution in [0.15, 0.2) is 42.5 Å². The van der Waals surface area contributed by atoms with Crippen LogP contribution in [-0.4, -0.2) is 57.7 Å². The van der Waals surface area contributed by atoms with Crippen LogP contribution in [0, 0.1) is 5.92 Å². The molecule has 2 heterocycles. The third-order valence-corrected chi connectivity index (χ3v) is 6.12. The Bertz CT molecular complexity index is 1070. The van der Waals surface area contributed by atoms with Crippen molar-refractivity contribution in [1.29, 1.82) is 0 Å². The number of benzene rings is 2. The van der Waals surface area contributed by atoms with Gasteiger partial charge < -0.3 is 29.7 Å². The molecule has 9 nitrogen and oxygen atoms in total. The molecule has 2 saturated heterocycles. The Morgan fingerprint density at radius 2 is 1.97 bits per heavy atom. The van der Waals surface area contributed by atoms with Gasteiger partial charge in [0.2, 0.25) is 11.8 Å². The molecule has 2 aliphatic heterocycles. The van der Waals surface area contributed by atoms with Gasteiger partial charge >= 0.3 is 0 Å². The lowest BCUT2D eigenvalue weighted by Crippen LogP contribution is -2.33. The molecule has 2 fully saturated rings. The second-order valence-electron chi connectivity index (χ2n) is 8.32. The van der Waals surface area contributed by atoms with E-state index >= 15 is 0 Å². The number of hydrogen-bond donors (Lipinski definition) is 2.